The first-order chi connectivity index (χ1) is 16.9. The summed E-state index contributed by atoms with van der Waals surface area (Å²) in [5, 5.41) is 9.06. The van der Waals surface area contributed by atoms with Crippen LogP contribution in [0.2, 0.25) is 0 Å². The summed E-state index contributed by atoms with van der Waals surface area (Å²) >= 11 is 0. The summed E-state index contributed by atoms with van der Waals surface area (Å²) in [7, 11) is 0. The number of imidazole rings is 1. The molecule has 1 aliphatic carbocycles. The molecule has 4 aromatic heterocycles. The molecule has 5 aromatic rings. The zero-order chi connectivity index (χ0) is 24.3. The maximum Gasteiger partial charge on any atom is 0.202 e. The topological polar surface area (TPSA) is 91.6 Å². The fraction of sp³-hybridized carbons (Fsp3) is 0.296. The van der Waals surface area contributed by atoms with Gasteiger partial charge in [-0.1, -0.05) is 6.07 Å². The van der Waals surface area contributed by atoms with Gasteiger partial charge in [-0.15, -0.1) is 10.2 Å². The minimum absolute atomic E-state index is 0.124. The molecule has 0 saturated heterocycles. The normalized spacial score (nSPS) is 13.7. The monoisotopic (exact) mass is 466 g/mol. The van der Waals surface area contributed by atoms with Crippen molar-refractivity contribution >= 4 is 11.0 Å². The molecule has 1 saturated carbocycles. The molecule has 0 amide bonds. The molecule has 176 valence electrons. The molecular weight excluding hydrogens is 440 g/mol. The van der Waals surface area contributed by atoms with Gasteiger partial charge in [-0.2, -0.15) is 0 Å². The molecule has 0 atom stereocenters. The lowest BCUT2D eigenvalue weighted by atomic mass is 10.1. The predicted molar refractivity (Wildman–Crippen MR) is 134 cm³/mol. The summed E-state index contributed by atoms with van der Waals surface area (Å²) < 4.78 is 9.94. The molecule has 8 nitrogen and oxygen atoms in total. The lowest BCUT2D eigenvalue weighted by molar-refractivity contribution is 0.586. The number of aryl methyl sites for hydroxylation is 2. The standard InChI is InChI=1S/C27H26N6O2/c1-15(2)33-17(4)30-31-27(33)22-7-5-6-21(29-22)20-13-35-25-10-16(3)24(11-19(25)26(20)34)32-12-23(28-14-32)18-8-9-18/h5-7,10-15,18H,8-9H2,1-4H3. The number of hydrogen-bond acceptors (Lipinski definition) is 6. The van der Waals surface area contributed by atoms with Gasteiger partial charge in [0.2, 0.25) is 5.43 Å². The van der Waals surface area contributed by atoms with E-state index in [0.29, 0.717) is 39.7 Å². The second-order valence-corrected chi connectivity index (χ2v) is 9.54. The number of aromatic nitrogens is 6. The van der Waals surface area contributed by atoms with Gasteiger partial charge in [-0.3, -0.25) is 4.79 Å². The highest BCUT2D eigenvalue weighted by Crippen LogP contribution is 2.39. The lowest BCUT2D eigenvalue weighted by Crippen LogP contribution is -2.09. The van der Waals surface area contributed by atoms with Crippen molar-refractivity contribution in [3.63, 3.8) is 0 Å². The molecule has 0 N–H and O–H groups in total. The third-order valence-electron chi connectivity index (χ3n) is 6.60. The third-order valence-corrected chi connectivity index (χ3v) is 6.60. The Bertz CT molecular complexity index is 1640. The van der Waals surface area contributed by atoms with Gasteiger partial charge in [0.1, 0.15) is 23.4 Å². The number of benzene rings is 1. The Labute approximate surface area is 202 Å². The van der Waals surface area contributed by atoms with E-state index in [2.05, 4.69) is 35.2 Å². The van der Waals surface area contributed by atoms with Crippen LogP contribution in [0.15, 0.2) is 58.3 Å². The largest absolute Gasteiger partial charge is 0.463 e. The Morgan fingerprint density at radius 3 is 2.66 bits per heavy atom. The van der Waals surface area contributed by atoms with Crippen molar-refractivity contribution < 1.29 is 4.42 Å². The predicted octanol–water partition coefficient (Wildman–Crippen LogP) is 5.37. The highest BCUT2D eigenvalue weighted by Gasteiger charge is 2.26. The van der Waals surface area contributed by atoms with Gasteiger partial charge in [0.25, 0.3) is 0 Å². The summed E-state index contributed by atoms with van der Waals surface area (Å²) in [4.78, 5) is 22.9. The van der Waals surface area contributed by atoms with Crippen molar-refractivity contribution in [2.75, 3.05) is 0 Å². The van der Waals surface area contributed by atoms with Crippen LogP contribution in [0.5, 0.6) is 0 Å². The van der Waals surface area contributed by atoms with E-state index < -0.39 is 0 Å². The summed E-state index contributed by atoms with van der Waals surface area (Å²) in [6.07, 6.45) is 7.77. The summed E-state index contributed by atoms with van der Waals surface area (Å²) in [5.74, 6) is 2.06. The molecule has 6 rings (SSSR count). The molecule has 0 radical (unpaired) electrons. The molecule has 0 unspecified atom stereocenters. The third kappa shape index (κ3) is 3.65. The maximum atomic E-state index is 13.6. The van der Waals surface area contributed by atoms with Crippen LogP contribution in [0.1, 0.15) is 55.7 Å². The van der Waals surface area contributed by atoms with E-state index in [4.69, 9.17) is 9.40 Å². The van der Waals surface area contributed by atoms with Crippen LogP contribution >= 0.6 is 0 Å². The SMILES string of the molecule is Cc1cc2occ(-c3cccc(-c4nnc(C)n4C(C)C)n3)c(=O)c2cc1-n1cnc(C2CC2)c1. The van der Waals surface area contributed by atoms with Gasteiger partial charge in [-0.05, 0) is 70.4 Å². The first-order valence-electron chi connectivity index (χ1n) is 11.9. The van der Waals surface area contributed by atoms with Crippen LogP contribution in [0.25, 0.3) is 39.4 Å². The Balaban J connectivity index is 1.46. The van der Waals surface area contributed by atoms with Crippen molar-refractivity contribution in [3.8, 4) is 28.5 Å². The van der Waals surface area contributed by atoms with E-state index in [1.54, 1.807) is 0 Å². The van der Waals surface area contributed by atoms with Gasteiger partial charge < -0.3 is 13.6 Å². The Kier molecular flexibility index (Phi) is 4.91. The van der Waals surface area contributed by atoms with Crippen molar-refractivity contribution in [3.05, 3.63) is 76.4 Å². The zero-order valence-electron chi connectivity index (χ0n) is 20.2. The number of pyridine rings is 1. The fourth-order valence-corrected chi connectivity index (χ4v) is 4.65. The molecular formula is C27H26N6O2. The fourth-order valence-electron chi connectivity index (χ4n) is 4.65. The average molecular weight is 467 g/mol. The second kappa shape index (κ2) is 8.01. The van der Waals surface area contributed by atoms with Gasteiger partial charge in [-0.25, -0.2) is 9.97 Å². The van der Waals surface area contributed by atoms with E-state index in [-0.39, 0.29) is 11.5 Å². The maximum absolute atomic E-state index is 13.6. The van der Waals surface area contributed by atoms with E-state index >= 15 is 0 Å². The second-order valence-electron chi connectivity index (χ2n) is 9.54. The molecule has 0 spiro atoms. The van der Waals surface area contributed by atoms with E-state index in [1.807, 2.05) is 59.6 Å². The minimum atomic E-state index is -0.124. The molecule has 4 heterocycles. The average Bonchev–Trinajstić information content (AvgIpc) is 3.44. The number of rotatable bonds is 5. The molecule has 0 aliphatic heterocycles. The van der Waals surface area contributed by atoms with Gasteiger partial charge in [0.15, 0.2) is 5.82 Å². The van der Waals surface area contributed by atoms with Crippen LogP contribution in [-0.4, -0.2) is 29.3 Å². The smallest absolute Gasteiger partial charge is 0.202 e. The summed E-state index contributed by atoms with van der Waals surface area (Å²) in [6, 6.07) is 9.55. The van der Waals surface area contributed by atoms with Crippen LogP contribution in [0.4, 0.5) is 0 Å². The Hall–Kier alpha value is -4.07. The van der Waals surface area contributed by atoms with Crippen LogP contribution < -0.4 is 5.43 Å². The van der Waals surface area contributed by atoms with Crippen molar-refractivity contribution in [2.45, 2.75) is 52.5 Å². The minimum Gasteiger partial charge on any atom is -0.463 e. The number of hydrogen-bond donors (Lipinski definition) is 0. The molecule has 1 aromatic carbocycles. The van der Waals surface area contributed by atoms with E-state index in [0.717, 1.165) is 22.8 Å². The highest BCUT2D eigenvalue weighted by atomic mass is 16.3. The lowest BCUT2D eigenvalue weighted by Gasteiger charge is -2.12. The van der Waals surface area contributed by atoms with Crippen molar-refractivity contribution in [1.29, 1.82) is 0 Å². The van der Waals surface area contributed by atoms with E-state index in [9.17, 15) is 4.79 Å². The molecule has 0 bridgehead atoms. The molecule has 35 heavy (non-hydrogen) atoms. The van der Waals surface area contributed by atoms with Crippen molar-refractivity contribution in [1.82, 2.24) is 29.3 Å². The first kappa shape index (κ1) is 21.5. The van der Waals surface area contributed by atoms with E-state index in [1.165, 1.54) is 19.1 Å². The molecule has 1 aliphatic rings. The van der Waals surface area contributed by atoms with Gasteiger partial charge in [0, 0.05) is 18.2 Å². The Morgan fingerprint density at radius 2 is 1.89 bits per heavy atom. The quantitative estimate of drug-likeness (QED) is 0.346. The Morgan fingerprint density at radius 1 is 1.09 bits per heavy atom. The van der Waals surface area contributed by atoms with Gasteiger partial charge in [0.05, 0.1) is 34.4 Å². The van der Waals surface area contributed by atoms with Crippen LogP contribution in [0, 0.1) is 13.8 Å². The zero-order valence-corrected chi connectivity index (χ0v) is 20.2. The molecule has 8 heteroatoms. The molecule has 1 fully saturated rings. The number of fused-ring (bicyclic) bond motifs is 1. The summed E-state index contributed by atoms with van der Waals surface area (Å²) in [5.41, 5.74) is 5.07. The first-order valence-corrected chi connectivity index (χ1v) is 11.9. The van der Waals surface area contributed by atoms with Crippen LogP contribution in [-0.2, 0) is 0 Å². The number of nitrogens with zero attached hydrogens (tertiary/aromatic N) is 6. The van der Waals surface area contributed by atoms with Gasteiger partial charge >= 0.3 is 0 Å². The van der Waals surface area contributed by atoms with Crippen molar-refractivity contribution in [2.24, 2.45) is 0 Å². The highest BCUT2D eigenvalue weighted by molar-refractivity contribution is 5.84. The van der Waals surface area contributed by atoms with Crippen LogP contribution in [0.3, 0.4) is 0 Å². The summed E-state index contributed by atoms with van der Waals surface area (Å²) in [6.45, 7) is 8.09.